The number of halogens is 7. The molecule has 0 spiro atoms. The summed E-state index contributed by atoms with van der Waals surface area (Å²) in [6.45, 7) is 0.00527. The lowest BCUT2D eigenvalue weighted by Gasteiger charge is -2.28. The molecule has 1 unspecified atom stereocenters. The molecule has 5 rings (SSSR count). The van der Waals surface area contributed by atoms with Crippen molar-refractivity contribution < 1.29 is 40.9 Å². The average molecular weight is 695 g/mol. The number of nitrogens with zero attached hydrogens (tertiary/aromatic N) is 2. The third kappa shape index (κ3) is 6.76. The number of carbonyl (C=O) groups excluding carboxylic acids is 2. The van der Waals surface area contributed by atoms with Crippen molar-refractivity contribution in [1.82, 2.24) is 10.5 Å². The van der Waals surface area contributed by atoms with E-state index in [9.17, 15) is 27.6 Å². The zero-order valence-electron chi connectivity index (χ0n) is 21.9. The third-order valence-corrected chi connectivity index (χ3v) is 7.58. The number of aromatic nitrogens is 1. The zero-order chi connectivity index (χ0) is 31.8. The number of hydrogen-bond donors (Lipinski definition) is 1. The minimum atomic E-state index is -5.51. The van der Waals surface area contributed by atoms with Gasteiger partial charge in [-0.3, -0.25) is 9.69 Å². The smallest absolute Gasteiger partial charge is 0.413 e. The van der Waals surface area contributed by atoms with E-state index in [1.165, 1.54) is 24.3 Å². The molecule has 1 saturated heterocycles. The molecule has 232 valence electrons. The van der Waals surface area contributed by atoms with E-state index in [1.54, 1.807) is 24.3 Å². The number of anilines is 1. The molecule has 0 aliphatic carbocycles. The minimum absolute atomic E-state index is 0.0239. The second-order valence-electron chi connectivity index (χ2n) is 9.41. The molecule has 10 nitrogen and oxygen atoms in total. The van der Waals surface area contributed by atoms with Crippen LogP contribution in [0.3, 0.4) is 0 Å². The minimum Gasteiger partial charge on any atom is -0.413 e. The Labute approximate surface area is 265 Å². The second-order valence-corrected chi connectivity index (χ2v) is 11.5. The molecule has 2 aromatic heterocycles. The lowest BCUT2D eigenvalue weighted by molar-refractivity contribution is -0.203. The Morgan fingerprint density at radius 3 is 2.43 bits per heavy atom. The lowest BCUT2D eigenvalue weighted by Crippen LogP contribution is -2.46. The Morgan fingerprint density at radius 1 is 1.07 bits per heavy atom. The van der Waals surface area contributed by atoms with Crippen molar-refractivity contribution in [2.24, 2.45) is 0 Å². The summed E-state index contributed by atoms with van der Waals surface area (Å²) in [7, 11) is 0. The van der Waals surface area contributed by atoms with Gasteiger partial charge in [0.15, 0.2) is 17.3 Å². The first-order chi connectivity index (χ1) is 20.7. The second kappa shape index (κ2) is 12.5. The quantitative estimate of drug-likeness (QED) is 0.152. The maximum Gasteiger partial charge on any atom is 0.519 e. The molecular weight excluding hydrogens is 677 g/mol. The van der Waals surface area contributed by atoms with E-state index in [1.807, 2.05) is 0 Å². The van der Waals surface area contributed by atoms with Crippen LogP contribution in [-0.2, 0) is 20.9 Å². The molecule has 4 aromatic rings. The van der Waals surface area contributed by atoms with Gasteiger partial charge in [-0.2, -0.15) is 13.2 Å². The molecule has 1 atom stereocenters. The van der Waals surface area contributed by atoms with Gasteiger partial charge in [-0.1, -0.05) is 46.6 Å². The molecule has 1 fully saturated rings. The zero-order valence-corrected chi connectivity index (χ0v) is 24.9. The van der Waals surface area contributed by atoms with Crippen LogP contribution in [0.25, 0.3) is 22.6 Å². The molecule has 1 amide bonds. The van der Waals surface area contributed by atoms with Gasteiger partial charge in [0, 0.05) is 22.9 Å². The molecule has 2 aromatic carbocycles. The molecule has 1 N–H and O–H groups in total. The molecule has 0 bridgehead atoms. The van der Waals surface area contributed by atoms with Crippen molar-refractivity contribution in [1.29, 1.82) is 0 Å². The molecule has 0 radical (unpaired) electrons. The predicted molar refractivity (Wildman–Crippen MR) is 152 cm³/mol. The van der Waals surface area contributed by atoms with Crippen LogP contribution in [0.4, 0.5) is 18.9 Å². The normalized spacial score (nSPS) is 15.4. The van der Waals surface area contributed by atoms with E-state index in [-0.39, 0.29) is 23.0 Å². The van der Waals surface area contributed by atoms with Crippen LogP contribution >= 0.6 is 46.4 Å². The molecular formula is C27H18Cl4F3N3O7. The monoisotopic (exact) mass is 693 g/mol. The Hall–Kier alpha value is -3.49. The van der Waals surface area contributed by atoms with Crippen molar-refractivity contribution in [3.63, 3.8) is 0 Å². The number of ether oxygens (including phenoxy) is 1. The average Bonchev–Trinajstić information content (AvgIpc) is 3.72. The largest absolute Gasteiger partial charge is 0.519 e. The van der Waals surface area contributed by atoms with Crippen molar-refractivity contribution in [2.45, 2.75) is 36.1 Å². The summed E-state index contributed by atoms with van der Waals surface area (Å²) in [5.41, 5.74) is 1.00. The first-order valence-electron chi connectivity index (χ1n) is 12.6. The summed E-state index contributed by atoms with van der Waals surface area (Å²) in [4.78, 5) is 37.9. The Balaban J connectivity index is 1.54. The predicted octanol–water partition coefficient (Wildman–Crippen LogP) is 7.06. The highest BCUT2D eigenvalue weighted by Gasteiger charge is 2.50. The molecule has 1 aliphatic heterocycles. The van der Waals surface area contributed by atoms with Gasteiger partial charge in [0.05, 0.1) is 22.6 Å². The van der Waals surface area contributed by atoms with E-state index in [4.69, 9.17) is 59.8 Å². The fourth-order valence-corrected chi connectivity index (χ4v) is 5.44. The first-order valence-corrected chi connectivity index (χ1v) is 14.1. The molecule has 0 saturated carbocycles. The van der Waals surface area contributed by atoms with E-state index < -0.39 is 41.0 Å². The number of amides is 1. The Kier molecular flexibility index (Phi) is 9.06. The lowest BCUT2D eigenvalue weighted by atomic mass is 10.1. The van der Waals surface area contributed by atoms with Gasteiger partial charge >= 0.3 is 28.4 Å². The number of hydrogen-bond acceptors (Lipinski definition) is 9. The van der Waals surface area contributed by atoms with Crippen LogP contribution in [-0.4, -0.2) is 34.3 Å². The Bertz CT molecular complexity index is 1740. The van der Waals surface area contributed by atoms with Gasteiger partial charge in [0.2, 0.25) is 0 Å². The Morgan fingerprint density at radius 2 is 1.77 bits per heavy atom. The van der Waals surface area contributed by atoms with E-state index >= 15 is 0 Å². The standard InChI is InChI=1S/C27H18Cl4F3N3O7/c28-15-6-2-7-16(29)21(15)18-11-19(44-36-18)13-4-1-5-14(10-13)37(23(38)26(30,31)43-24(39)27(32,33)34)12-20-22(42-25(40)41-20)17-8-3-9-35-17/h1-2,4-7,10-11,17,35H,3,8-9,12H2. The van der Waals surface area contributed by atoms with E-state index in [0.29, 0.717) is 39.8 Å². The van der Waals surface area contributed by atoms with E-state index in [0.717, 1.165) is 11.3 Å². The highest BCUT2D eigenvalue weighted by molar-refractivity contribution is 6.58. The summed E-state index contributed by atoms with van der Waals surface area (Å²) in [6, 6.07) is 11.8. The highest BCUT2D eigenvalue weighted by Crippen LogP contribution is 2.38. The van der Waals surface area contributed by atoms with Crippen LogP contribution in [0.5, 0.6) is 0 Å². The van der Waals surface area contributed by atoms with E-state index in [2.05, 4.69) is 15.2 Å². The van der Waals surface area contributed by atoms with Crippen LogP contribution in [0.2, 0.25) is 10.0 Å². The van der Waals surface area contributed by atoms with Gasteiger partial charge in [-0.15, -0.1) is 0 Å². The number of alkyl halides is 5. The van der Waals surface area contributed by atoms with Crippen LogP contribution < -0.4 is 16.0 Å². The first kappa shape index (κ1) is 31.9. The number of benzene rings is 2. The number of rotatable bonds is 8. The fourth-order valence-electron chi connectivity index (χ4n) is 4.50. The van der Waals surface area contributed by atoms with Crippen LogP contribution in [0.15, 0.2) is 66.7 Å². The van der Waals surface area contributed by atoms with Gasteiger partial charge in [0.25, 0.3) is 0 Å². The van der Waals surface area contributed by atoms with Gasteiger partial charge in [-0.05, 0) is 66.9 Å². The summed E-state index contributed by atoms with van der Waals surface area (Å²) >= 11 is 24.3. The molecule has 1 aliphatic rings. The molecule has 44 heavy (non-hydrogen) atoms. The van der Waals surface area contributed by atoms with Gasteiger partial charge in [-0.25, -0.2) is 9.59 Å². The van der Waals surface area contributed by atoms with Crippen molar-refractivity contribution in [3.05, 3.63) is 80.7 Å². The summed E-state index contributed by atoms with van der Waals surface area (Å²) in [5.74, 6) is -5.28. The van der Waals surface area contributed by atoms with Gasteiger partial charge < -0.3 is 23.4 Å². The van der Waals surface area contributed by atoms with Crippen LogP contribution in [0.1, 0.15) is 30.4 Å². The third-order valence-electron chi connectivity index (χ3n) is 6.47. The topological polar surface area (TPSA) is 128 Å². The summed E-state index contributed by atoms with van der Waals surface area (Å²) in [5, 5.41) is 7.75. The number of esters is 1. The number of carbonyl (C=O) groups is 2. The van der Waals surface area contributed by atoms with Crippen molar-refractivity contribution >= 4 is 64.0 Å². The highest BCUT2D eigenvalue weighted by atomic mass is 35.5. The maximum absolute atomic E-state index is 13.6. The SMILES string of the molecule is O=C(OC(Cl)(Cl)C(=O)N(Cc1oc(=O)oc1C1CCCN1)c1cccc(-c2cc(-c3c(Cl)cccc3Cl)no2)c1)C(F)(F)F. The van der Waals surface area contributed by atoms with Crippen molar-refractivity contribution in [2.75, 3.05) is 11.4 Å². The summed E-state index contributed by atoms with van der Waals surface area (Å²) < 4.78 is 55.4. The summed E-state index contributed by atoms with van der Waals surface area (Å²) in [6.07, 6.45) is -4.18. The van der Waals surface area contributed by atoms with Gasteiger partial charge in [0.1, 0.15) is 5.69 Å². The number of nitrogens with one attached hydrogen (secondary N) is 1. The fraction of sp³-hybridized carbons (Fsp3) is 0.259. The van der Waals surface area contributed by atoms with Crippen molar-refractivity contribution in [3.8, 4) is 22.6 Å². The maximum atomic E-state index is 13.6. The molecule has 17 heteroatoms. The molecule has 3 heterocycles. The van der Waals surface area contributed by atoms with Crippen LogP contribution in [0, 0.1) is 0 Å².